The Balaban J connectivity index is 1.90. The van der Waals surface area contributed by atoms with Crippen LogP contribution in [-0.4, -0.2) is 34.7 Å². The second kappa shape index (κ2) is 8.65. The van der Waals surface area contributed by atoms with Crippen LogP contribution in [0.2, 0.25) is 0 Å². The van der Waals surface area contributed by atoms with E-state index in [4.69, 9.17) is 4.74 Å². The van der Waals surface area contributed by atoms with Crippen molar-refractivity contribution in [3.8, 4) is 0 Å². The molecule has 6 nitrogen and oxygen atoms in total. The Morgan fingerprint density at radius 2 is 1.88 bits per heavy atom. The molecule has 1 heterocycles. The lowest BCUT2D eigenvalue weighted by molar-refractivity contribution is -0.117. The summed E-state index contributed by atoms with van der Waals surface area (Å²) in [4.78, 5) is 28.2. The van der Waals surface area contributed by atoms with Crippen LogP contribution in [0.15, 0.2) is 30.6 Å². The van der Waals surface area contributed by atoms with Gasteiger partial charge in [0.05, 0.1) is 6.04 Å². The summed E-state index contributed by atoms with van der Waals surface area (Å²) >= 11 is 0. The lowest BCUT2D eigenvalue weighted by atomic mass is 9.90. The molecule has 1 aliphatic carbocycles. The second-order valence-electron chi connectivity index (χ2n) is 7.27. The van der Waals surface area contributed by atoms with Gasteiger partial charge in [-0.05, 0) is 51.3 Å². The van der Waals surface area contributed by atoms with Crippen LogP contribution in [0.25, 0.3) is 6.08 Å². The SMILES string of the molecule is CC(C)(C)OC(=O)N[C@@H]1CCCC[C@@H]1NC(=O)/C=C/c1cccnc1. The predicted octanol–water partition coefficient (Wildman–Crippen LogP) is 3.05. The average molecular weight is 345 g/mol. The van der Waals surface area contributed by atoms with Crippen molar-refractivity contribution in [3.63, 3.8) is 0 Å². The number of amides is 2. The molecule has 0 aromatic carbocycles. The van der Waals surface area contributed by atoms with Gasteiger partial charge >= 0.3 is 6.09 Å². The Hall–Kier alpha value is -2.37. The molecule has 25 heavy (non-hydrogen) atoms. The van der Waals surface area contributed by atoms with E-state index in [1.807, 2.05) is 32.9 Å². The zero-order valence-electron chi connectivity index (χ0n) is 15.1. The Bertz CT molecular complexity index is 608. The fraction of sp³-hybridized carbons (Fsp3) is 0.526. The minimum Gasteiger partial charge on any atom is -0.444 e. The van der Waals surface area contributed by atoms with Crippen molar-refractivity contribution < 1.29 is 14.3 Å². The Morgan fingerprint density at radius 1 is 1.20 bits per heavy atom. The van der Waals surface area contributed by atoms with Crippen molar-refractivity contribution in [3.05, 3.63) is 36.2 Å². The van der Waals surface area contributed by atoms with Gasteiger partial charge in [0.25, 0.3) is 0 Å². The maximum absolute atomic E-state index is 12.2. The first-order valence-electron chi connectivity index (χ1n) is 8.71. The molecule has 0 saturated heterocycles. The summed E-state index contributed by atoms with van der Waals surface area (Å²) in [7, 11) is 0. The minimum absolute atomic E-state index is 0.0904. The van der Waals surface area contributed by atoms with E-state index < -0.39 is 11.7 Å². The fourth-order valence-corrected chi connectivity index (χ4v) is 2.81. The van der Waals surface area contributed by atoms with Gasteiger partial charge in [-0.3, -0.25) is 9.78 Å². The molecule has 1 saturated carbocycles. The molecule has 2 atom stereocenters. The highest BCUT2D eigenvalue weighted by Crippen LogP contribution is 2.19. The van der Waals surface area contributed by atoms with Crippen LogP contribution in [0.1, 0.15) is 52.0 Å². The Labute approximate surface area is 149 Å². The first-order chi connectivity index (χ1) is 11.8. The third-order valence-corrected chi connectivity index (χ3v) is 3.91. The predicted molar refractivity (Wildman–Crippen MR) is 96.8 cm³/mol. The zero-order chi connectivity index (χ0) is 18.3. The van der Waals surface area contributed by atoms with E-state index in [9.17, 15) is 9.59 Å². The molecular weight excluding hydrogens is 318 g/mol. The minimum atomic E-state index is -0.538. The van der Waals surface area contributed by atoms with E-state index in [1.165, 1.54) is 6.08 Å². The number of rotatable bonds is 4. The van der Waals surface area contributed by atoms with Gasteiger partial charge < -0.3 is 15.4 Å². The summed E-state index contributed by atoms with van der Waals surface area (Å²) in [5.74, 6) is -0.174. The molecule has 6 heteroatoms. The number of pyridine rings is 1. The molecular formula is C19H27N3O3. The van der Waals surface area contributed by atoms with E-state index in [0.717, 1.165) is 31.2 Å². The average Bonchev–Trinajstić information content (AvgIpc) is 2.54. The topological polar surface area (TPSA) is 80.3 Å². The van der Waals surface area contributed by atoms with Crippen LogP contribution >= 0.6 is 0 Å². The molecule has 0 unspecified atom stereocenters. The molecule has 1 aromatic heterocycles. The number of hydrogen-bond donors (Lipinski definition) is 2. The normalized spacial score (nSPS) is 20.9. The summed E-state index contributed by atoms with van der Waals surface area (Å²) < 4.78 is 5.32. The highest BCUT2D eigenvalue weighted by Gasteiger charge is 2.29. The summed E-state index contributed by atoms with van der Waals surface area (Å²) in [5.41, 5.74) is 0.328. The van der Waals surface area contributed by atoms with Gasteiger partial charge in [0.1, 0.15) is 5.60 Å². The second-order valence-corrected chi connectivity index (χ2v) is 7.27. The van der Waals surface area contributed by atoms with Crippen LogP contribution < -0.4 is 10.6 Å². The summed E-state index contributed by atoms with van der Waals surface area (Å²) in [6, 6.07) is 3.50. The molecule has 0 radical (unpaired) electrons. The molecule has 1 aromatic rings. The highest BCUT2D eigenvalue weighted by atomic mass is 16.6. The van der Waals surface area contributed by atoms with Crippen molar-refractivity contribution in [2.45, 2.75) is 64.1 Å². The van der Waals surface area contributed by atoms with Crippen LogP contribution in [0.5, 0.6) is 0 Å². The Morgan fingerprint density at radius 3 is 2.48 bits per heavy atom. The molecule has 0 spiro atoms. The Kier molecular flexibility index (Phi) is 6.56. The third kappa shape index (κ3) is 6.95. The van der Waals surface area contributed by atoms with Crippen molar-refractivity contribution >= 4 is 18.1 Å². The van der Waals surface area contributed by atoms with E-state index in [2.05, 4.69) is 15.6 Å². The van der Waals surface area contributed by atoms with Crippen LogP contribution in [0, 0.1) is 0 Å². The third-order valence-electron chi connectivity index (χ3n) is 3.91. The van der Waals surface area contributed by atoms with E-state index in [1.54, 1.807) is 18.5 Å². The van der Waals surface area contributed by atoms with Crippen molar-refractivity contribution in [1.82, 2.24) is 15.6 Å². The number of alkyl carbamates (subject to hydrolysis) is 1. The lowest BCUT2D eigenvalue weighted by Gasteiger charge is -2.33. The number of ether oxygens (including phenoxy) is 1. The number of carbonyl (C=O) groups is 2. The van der Waals surface area contributed by atoms with Gasteiger partial charge in [-0.15, -0.1) is 0 Å². The maximum Gasteiger partial charge on any atom is 0.407 e. The van der Waals surface area contributed by atoms with E-state index in [-0.39, 0.29) is 18.0 Å². The van der Waals surface area contributed by atoms with Crippen molar-refractivity contribution in [1.29, 1.82) is 0 Å². The molecule has 0 bridgehead atoms. The van der Waals surface area contributed by atoms with E-state index in [0.29, 0.717) is 0 Å². The molecule has 1 fully saturated rings. The molecule has 2 N–H and O–H groups in total. The molecule has 1 aliphatic rings. The summed E-state index contributed by atoms with van der Waals surface area (Å²) in [5, 5.41) is 5.89. The first kappa shape index (κ1) is 19.0. The molecule has 0 aliphatic heterocycles. The highest BCUT2D eigenvalue weighted by molar-refractivity contribution is 5.91. The van der Waals surface area contributed by atoms with Gasteiger partial charge in [-0.1, -0.05) is 18.9 Å². The number of hydrogen-bond acceptors (Lipinski definition) is 4. The molecule has 2 amide bonds. The van der Waals surface area contributed by atoms with Crippen molar-refractivity contribution in [2.24, 2.45) is 0 Å². The zero-order valence-corrected chi connectivity index (χ0v) is 15.1. The largest absolute Gasteiger partial charge is 0.444 e. The lowest BCUT2D eigenvalue weighted by Crippen LogP contribution is -2.53. The van der Waals surface area contributed by atoms with Gasteiger partial charge in [-0.25, -0.2) is 4.79 Å². The number of aromatic nitrogens is 1. The van der Waals surface area contributed by atoms with Crippen LogP contribution in [0.3, 0.4) is 0 Å². The van der Waals surface area contributed by atoms with Crippen molar-refractivity contribution in [2.75, 3.05) is 0 Å². The smallest absolute Gasteiger partial charge is 0.407 e. The standard InChI is InChI=1S/C19H27N3O3/c1-19(2,3)25-18(24)22-16-9-5-4-8-15(16)21-17(23)11-10-14-7-6-12-20-13-14/h6-7,10-13,15-16H,4-5,8-9H2,1-3H3,(H,21,23)(H,22,24)/b11-10+/t15-,16+/m0/s1. The quantitative estimate of drug-likeness (QED) is 0.822. The molecule has 2 rings (SSSR count). The van der Waals surface area contributed by atoms with Gasteiger partial charge in [-0.2, -0.15) is 0 Å². The first-order valence-corrected chi connectivity index (χ1v) is 8.71. The number of nitrogens with zero attached hydrogens (tertiary/aromatic N) is 1. The number of nitrogens with one attached hydrogen (secondary N) is 2. The molecule has 136 valence electrons. The van der Waals surface area contributed by atoms with Gasteiger partial charge in [0, 0.05) is 24.5 Å². The summed E-state index contributed by atoms with van der Waals surface area (Å²) in [6.07, 6.45) is 9.89. The van der Waals surface area contributed by atoms with Gasteiger partial charge in [0.15, 0.2) is 0 Å². The van der Waals surface area contributed by atoms with Gasteiger partial charge in [0.2, 0.25) is 5.91 Å². The van der Waals surface area contributed by atoms with Crippen LogP contribution in [0.4, 0.5) is 4.79 Å². The maximum atomic E-state index is 12.2. The van der Waals surface area contributed by atoms with E-state index >= 15 is 0 Å². The monoisotopic (exact) mass is 345 g/mol. The fourth-order valence-electron chi connectivity index (χ4n) is 2.81. The van der Waals surface area contributed by atoms with Crippen LogP contribution in [-0.2, 0) is 9.53 Å². The number of carbonyl (C=O) groups excluding carboxylic acids is 2. The summed E-state index contributed by atoms with van der Waals surface area (Å²) in [6.45, 7) is 5.49.